The lowest BCUT2D eigenvalue weighted by molar-refractivity contribution is -0.134. The third-order valence-electron chi connectivity index (χ3n) is 7.99. The number of carbonyl (C=O) groups is 1. The average Bonchev–Trinajstić information content (AvgIpc) is 3.54. The van der Waals surface area contributed by atoms with E-state index in [4.69, 9.17) is 0 Å². The van der Waals surface area contributed by atoms with Gasteiger partial charge in [-0.2, -0.15) is 4.72 Å². The van der Waals surface area contributed by atoms with Gasteiger partial charge in [0.05, 0.1) is 22.3 Å². The fourth-order valence-corrected chi connectivity index (χ4v) is 6.99. The van der Waals surface area contributed by atoms with Gasteiger partial charge in [0.15, 0.2) is 0 Å². The molecule has 0 bridgehead atoms. The minimum atomic E-state index is -3.99. The first-order valence-electron chi connectivity index (χ1n) is 13.6. The molecule has 0 spiro atoms. The Hall–Kier alpha value is -3.69. The molecule has 1 atom stereocenters. The fraction of sp³-hybridized carbons (Fsp3) is 0.333. The topological polar surface area (TPSA) is 100 Å². The van der Waals surface area contributed by atoms with Gasteiger partial charge < -0.3 is 14.5 Å². The van der Waals surface area contributed by atoms with Gasteiger partial charge in [-0.05, 0) is 74.1 Å². The van der Waals surface area contributed by atoms with Crippen LogP contribution in [0.15, 0.2) is 71.9 Å². The number of carbonyl (C=O) groups excluding carboxylic acids is 1. The van der Waals surface area contributed by atoms with Gasteiger partial charge in [0.1, 0.15) is 6.04 Å². The molecule has 0 aliphatic carbocycles. The normalized spacial score (nSPS) is 15.9. The van der Waals surface area contributed by atoms with Crippen LogP contribution >= 0.6 is 0 Å². The van der Waals surface area contributed by atoms with Crippen LogP contribution in [0.4, 0.5) is 0 Å². The number of amides is 1. The third-order valence-corrected chi connectivity index (χ3v) is 9.46. The maximum absolute atomic E-state index is 13.8. The Kier molecular flexibility index (Phi) is 6.64. The summed E-state index contributed by atoms with van der Waals surface area (Å²) in [5.41, 5.74) is 4.59. The number of aromatic amines is 1. The smallest absolute Gasteiger partial charge is 0.241 e. The lowest BCUT2D eigenvalue weighted by Gasteiger charge is -2.33. The molecule has 6 rings (SSSR count). The molecule has 1 unspecified atom stereocenters. The van der Waals surface area contributed by atoms with Crippen molar-refractivity contribution in [2.45, 2.75) is 50.6 Å². The first-order valence-corrected chi connectivity index (χ1v) is 15.1. The van der Waals surface area contributed by atoms with Crippen molar-refractivity contribution < 1.29 is 13.2 Å². The highest BCUT2D eigenvalue weighted by molar-refractivity contribution is 7.89. The summed E-state index contributed by atoms with van der Waals surface area (Å²) < 4.78 is 32.6. The quantitative estimate of drug-likeness (QED) is 0.307. The molecule has 39 heavy (non-hydrogen) atoms. The van der Waals surface area contributed by atoms with E-state index in [1.165, 1.54) is 0 Å². The highest BCUT2D eigenvalue weighted by Gasteiger charge is 2.31. The number of nitrogens with zero attached hydrogens (tertiary/aromatic N) is 3. The molecule has 9 heteroatoms. The number of aromatic nitrogens is 3. The van der Waals surface area contributed by atoms with E-state index >= 15 is 0 Å². The number of rotatable bonds is 7. The van der Waals surface area contributed by atoms with Gasteiger partial charge in [0, 0.05) is 41.4 Å². The molecule has 3 heterocycles. The number of nitrogens with one attached hydrogen (secondary N) is 2. The summed E-state index contributed by atoms with van der Waals surface area (Å²) in [6.07, 6.45) is 3.71. The summed E-state index contributed by atoms with van der Waals surface area (Å²) in [7, 11) is -3.99. The van der Waals surface area contributed by atoms with E-state index < -0.39 is 16.1 Å². The number of hydrogen-bond donors (Lipinski definition) is 2. The second-order valence-electron chi connectivity index (χ2n) is 10.6. The maximum atomic E-state index is 13.8. The minimum Gasteiger partial charge on any atom is -0.345 e. The Morgan fingerprint density at radius 2 is 1.82 bits per heavy atom. The molecule has 2 aromatic heterocycles. The van der Waals surface area contributed by atoms with E-state index in [0.717, 1.165) is 57.8 Å². The number of imidazole rings is 1. The monoisotopic (exact) mass is 543 g/mol. The number of benzene rings is 3. The van der Waals surface area contributed by atoms with Crippen LogP contribution in [0.25, 0.3) is 32.8 Å². The van der Waals surface area contributed by atoms with Crippen LogP contribution in [0, 0.1) is 5.92 Å². The summed E-state index contributed by atoms with van der Waals surface area (Å²) in [6.45, 7) is 6.32. The maximum Gasteiger partial charge on any atom is 0.241 e. The highest BCUT2D eigenvalue weighted by Crippen LogP contribution is 2.31. The van der Waals surface area contributed by atoms with E-state index in [1.54, 1.807) is 23.4 Å². The summed E-state index contributed by atoms with van der Waals surface area (Å²) in [4.78, 5) is 23.1. The second-order valence-corrected chi connectivity index (χ2v) is 12.3. The van der Waals surface area contributed by atoms with Crippen molar-refractivity contribution >= 4 is 48.8 Å². The zero-order chi connectivity index (χ0) is 27.1. The molecule has 8 nitrogen and oxygen atoms in total. The second kappa shape index (κ2) is 10.1. The summed E-state index contributed by atoms with van der Waals surface area (Å²) >= 11 is 0. The van der Waals surface area contributed by atoms with Gasteiger partial charge >= 0.3 is 0 Å². The first-order chi connectivity index (χ1) is 18.8. The number of fused-ring (bicyclic) bond motifs is 4. The zero-order valence-corrected chi connectivity index (χ0v) is 23.0. The third kappa shape index (κ3) is 4.81. The Bertz CT molecular complexity index is 1780. The Labute approximate surface area is 228 Å². The van der Waals surface area contributed by atoms with E-state index in [9.17, 15) is 13.2 Å². The number of piperidine rings is 1. The van der Waals surface area contributed by atoms with E-state index in [1.807, 2.05) is 42.5 Å². The van der Waals surface area contributed by atoms with E-state index in [0.29, 0.717) is 19.0 Å². The van der Waals surface area contributed by atoms with Crippen molar-refractivity contribution in [3.8, 4) is 0 Å². The Balaban J connectivity index is 1.35. The molecular formula is C30H33N5O3S. The minimum absolute atomic E-state index is 0.156. The summed E-state index contributed by atoms with van der Waals surface area (Å²) in [5.74, 6) is 0.378. The van der Waals surface area contributed by atoms with Gasteiger partial charge in [0.2, 0.25) is 15.9 Å². The van der Waals surface area contributed by atoms with Crippen LogP contribution in [0.5, 0.6) is 0 Å². The lowest BCUT2D eigenvalue weighted by atomic mass is 9.98. The molecule has 202 valence electrons. The predicted molar refractivity (Wildman–Crippen MR) is 154 cm³/mol. The number of H-pyrrole nitrogens is 1. The molecule has 3 aromatic carbocycles. The van der Waals surface area contributed by atoms with Crippen molar-refractivity contribution in [3.63, 3.8) is 0 Å². The van der Waals surface area contributed by atoms with Gasteiger partial charge in [0.25, 0.3) is 0 Å². The highest BCUT2D eigenvalue weighted by atomic mass is 32.2. The van der Waals surface area contributed by atoms with Crippen LogP contribution in [0.1, 0.15) is 32.3 Å². The molecular weight excluding hydrogens is 510 g/mol. The van der Waals surface area contributed by atoms with E-state index in [2.05, 4.69) is 39.2 Å². The predicted octanol–water partition coefficient (Wildman–Crippen LogP) is 4.84. The zero-order valence-electron chi connectivity index (χ0n) is 22.2. The molecule has 1 aliphatic rings. The van der Waals surface area contributed by atoms with Crippen molar-refractivity contribution in [1.82, 2.24) is 24.2 Å². The van der Waals surface area contributed by atoms with Crippen LogP contribution < -0.4 is 4.72 Å². The SMILES string of the molecule is CCn1c2ccccc2c2cc(S(=O)(=O)NC(Cc3ccc4nc[nH]c4c3)C(=O)N3CCC(C)CC3)ccc21. The first kappa shape index (κ1) is 25.6. The molecule has 1 amide bonds. The average molecular weight is 544 g/mol. The largest absolute Gasteiger partial charge is 0.345 e. The molecule has 2 N–H and O–H groups in total. The van der Waals surface area contributed by atoms with Crippen LogP contribution in [-0.4, -0.2) is 52.9 Å². The van der Waals surface area contributed by atoms with Crippen LogP contribution in [0.3, 0.4) is 0 Å². The van der Waals surface area contributed by atoms with Gasteiger partial charge in [-0.15, -0.1) is 0 Å². The number of para-hydroxylation sites is 1. The van der Waals surface area contributed by atoms with Gasteiger partial charge in [-0.25, -0.2) is 13.4 Å². The van der Waals surface area contributed by atoms with Gasteiger partial charge in [-0.3, -0.25) is 4.79 Å². The Morgan fingerprint density at radius 1 is 1.05 bits per heavy atom. The molecule has 1 aliphatic heterocycles. The van der Waals surface area contributed by atoms with Crippen molar-refractivity contribution in [2.75, 3.05) is 13.1 Å². The van der Waals surface area contributed by atoms with Crippen molar-refractivity contribution in [1.29, 1.82) is 0 Å². The summed E-state index contributed by atoms with van der Waals surface area (Å²) in [6, 6.07) is 18.1. The standard InChI is InChI=1S/C30H33N5O3S/c1-3-35-28-7-5-4-6-23(28)24-18-22(9-11-29(24)35)39(37,38)33-27(30(36)34-14-12-20(2)13-15-34)17-21-8-10-25-26(16-21)32-19-31-25/h4-11,16,18-20,27,33H,3,12-15,17H2,1-2H3,(H,31,32). The molecule has 1 fully saturated rings. The lowest BCUT2D eigenvalue weighted by Crippen LogP contribution is -2.51. The van der Waals surface area contributed by atoms with Crippen molar-refractivity contribution in [2.24, 2.45) is 5.92 Å². The molecule has 1 saturated heterocycles. The number of sulfonamides is 1. The molecule has 5 aromatic rings. The fourth-order valence-electron chi connectivity index (χ4n) is 5.77. The summed E-state index contributed by atoms with van der Waals surface area (Å²) in [5, 5.41) is 1.89. The Morgan fingerprint density at radius 3 is 2.62 bits per heavy atom. The molecule has 0 radical (unpaired) electrons. The van der Waals surface area contributed by atoms with E-state index in [-0.39, 0.29) is 17.2 Å². The number of hydrogen-bond acceptors (Lipinski definition) is 4. The van der Waals surface area contributed by atoms with Gasteiger partial charge in [-0.1, -0.05) is 31.2 Å². The number of aryl methyl sites for hydroxylation is 1. The van der Waals surface area contributed by atoms with Crippen LogP contribution in [-0.2, 0) is 27.8 Å². The molecule has 0 saturated carbocycles. The number of likely N-dealkylation sites (tertiary alicyclic amines) is 1. The van der Waals surface area contributed by atoms with Crippen molar-refractivity contribution in [3.05, 3.63) is 72.6 Å². The van der Waals surface area contributed by atoms with Crippen LogP contribution in [0.2, 0.25) is 0 Å².